The van der Waals surface area contributed by atoms with Crippen LogP contribution in [-0.4, -0.2) is 19.8 Å². The third-order valence-electron chi connectivity index (χ3n) is 2.94. The van der Waals surface area contributed by atoms with Gasteiger partial charge in [0.05, 0.1) is 10.5 Å². The zero-order chi connectivity index (χ0) is 14.3. The fraction of sp³-hybridized carbons (Fsp3) is 0.455. The maximum Gasteiger partial charge on any atom is 0.417 e. The summed E-state index contributed by atoms with van der Waals surface area (Å²) in [4.78, 5) is -0.765. The molecule has 1 aromatic rings. The van der Waals surface area contributed by atoms with Crippen LogP contribution < -0.4 is 4.72 Å². The Hall–Kier alpha value is -0.790. The lowest BCUT2D eigenvalue weighted by molar-refractivity contribution is -0.139. The summed E-state index contributed by atoms with van der Waals surface area (Å²) in [6.45, 7) is 0. The monoisotopic (exact) mass is 313 g/mol. The van der Waals surface area contributed by atoms with Crippen LogP contribution in [0.3, 0.4) is 0 Å². The molecule has 0 atom stereocenters. The minimum absolute atomic E-state index is 0.0421. The molecule has 0 aliphatic heterocycles. The molecule has 1 aromatic carbocycles. The standard InChI is InChI=1S/C11H11ClF3NO2S/c12-7-10(5-6-10)16-19(17,18)9-4-2-1-3-8(9)11(13,14)15/h1-4,16H,5-7H2. The molecule has 0 heterocycles. The second kappa shape index (κ2) is 4.64. The lowest BCUT2D eigenvalue weighted by Crippen LogP contribution is -2.38. The SMILES string of the molecule is O=S(=O)(NC1(CCl)CC1)c1ccccc1C(F)(F)F. The third kappa shape index (κ3) is 3.04. The molecular formula is C11H11ClF3NO2S. The Labute approximate surface area is 113 Å². The van der Waals surface area contributed by atoms with Gasteiger partial charge in [-0.25, -0.2) is 13.1 Å². The van der Waals surface area contributed by atoms with E-state index in [9.17, 15) is 21.6 Å². The Balaban J connectivity index is 2.41. The number of hydrogen-bond donors (Lipinski definition) is 1. The summed E-state index contributed by atoms with van der Waals surface area (Å²) in [5, 5.41) is 0. The van der Waals surface area contributed by atoms with Gasteiger partial charge in [0.25, 0.3) is 0 Å². The molecule has 1 aliphatic rings. The molecule has 8 heteroatoms. The number of benzene rings is 1. The summed E-state index contributed by atoms with van der Waals surface area (Å²) < 4.78 is 64.7. The molecular weight excluding hydrogens is 303 g/mol. The highest BCUT2D eigenvalue weighted by Gasteiger charge is 2.47. The highest BCUT2D eigenvalue weighted by atomic mass is 35.5. The van der Waals surface area contributed by atoms with Gasteiger partial charge in [0.2, 0.25) is 10.0 Å². The smallest absolute Gasteiger partial charge is 0.207 e. The number of sulfonamides is 1. The van der Waals surface area contributed by atoms with Crippen LogP contribution in [0, 0.1) is 0 Å². The molecule has 1 saturated carbocycles. The highest BCUT2D eigenvalue weighted by molar-refractivity contribution is 7.89. The summed E-state index contributed by atoms with van der Waals surface area (Å²) in [6.07, 6.45) is -3.66. The van der Waals surface area contributed by atoms with Gasteiger partial charge < -0.3 is 0 Å². The number of rotatable bonds is 4. The van der Waals surface area contributed by atoms with E-state index in [-0.39, 0.29) is 5.88 Å². The van der Waals surface area contributed by atoms with Gasteiger partial charge in [-0.15, -0.1) is 11.6 Å². The van der Waals surface area contributed by atoms with Gasteiger partial charge in [0.15, 0.2) is 0 Å². The predicted molar refractivity (Wildman–Crippen MR) is 64.5 cm³/mol. The molecule has 0 spiro atoms. The number of nitrogens with one attached hydrogen (secondary N) is 1. The fourth-order valence-corrected chi connectivity index (χ4v) is 3.79. The van der Waals surface area contributed by atoms with Crippen LogP contribution in [0.2, 0.25) is 0 Å². The van der Waals surface area contributed by atoms with Crippen molar-refractivity contribution in [3.05, 3.63) is 29.8 Å². The normalized spacial score (nSPS) is 18.3. The van der Waals surface area contributed by atoms with Gasteiger partial charge in [-0.2, -0.15) is 13.2 Å². The zero-order valence-corrected chi connectivity index (χ0v) is 11.2. The third-order valence-corrected chi connectivity index (χ3v) is 5.09. The van der Waals surface area contributed by atoms with Crippen LogP contribution in [0.5, 0.6) is 0 Å². The van der Waals surface area contributed by atoms with Gasteiger partial charge in [0, 0.05) is 11.4 Å². The molecule has 3 nitrogen and oxygen atoms in total. The average molecular weight is 314 g/mol. The Morgan fingerprint density at radius 3 is 2.32 bits per heavy atom. The Morgan fingerprint density at radius 1 is 1.26 bits per heavy atom. The second-order valence-electron chi connectivity index (χ2n) is 4.51. The van der Waals surface area contributed by atoms with Crippen LogP contribution in [0.25, 0.3) is 0 Å². The first kappa shape index (κ1) is 14.6. The van der Waals surface area contributed by atoms with E-state index in [1.807, 2.05) is 0 Å². The quantitative estimate of drug-likeness (QED) is 0.869. The Bertz CT molecular complexity index is 582. The largest absolute Gasteiger partial charge is 0.417 e. The first-order valence-electron chi connectivity index (χ1n) is 5.46. The first-order chi connectivity index (χ1) is 8.70. The van der Waals surface area contributed by atoms with Crippen molar-refractivity contribution in [3.8, 4) is 0 Å². The van der Waals surface area contributed by atoms with Crippen molar-refractivity contribution in [2.75, 3.05) is 5.88 Å². The lowest BCUT2D eigenvalue weighted by atomic mass is 10.2. The second-order valence-corrected chi connectivity index (χ2v) is 6.43. The molecule has 0 bridgehead atoms. The van der Waals surface area contributed by atoms with E-state index in [1.54, 1.807) is 0 Å². The number of halogens is 4. The average Bonchev–Trinajstić information content (AvgIpc) is 3.08. The van der Waals surface area contributed by atoms with Crippen molar-refractivity contribution in [2.24, 2.45) is 0 Å². The predicted octanol–water partition coefficient (Wildman–Crippen LogP) is 2.76. The van der Waals surface area contributed by atoms with Crippen molar-refractivity contribution in [3.63, 3.8) is 0 Å². The van der Waals surface area contributed by atoms with Crippen molar-refractivity contribution >= 4 is 21.6 Å². The minimum Gasteiger partial charge on any atom is -0.207 e. The lowest BCUT2D eigenvalue weighted by Gasteiger charge is -2.17. The van der Waals surface area contributed by atoms with Gasteiger partial charge in [0.1, 0.15) is 0 Å². The summed E-state index contributed by atoms with van der Waals surface area (Å²) >= 11 is 5.63. The van der Waals surface area contributed by atoms with E-state index in [0.29, 0.717) is 12.8 Å². The molecule has 0 amide bonds. The van der Waals surface area contributed by atoms with Crippen LogP contribution in [0.15, 0.2) is 29.2 Å². The number of hydrogen-bond acceptors (Lipinski definition) is 2. The molecule has 1 fully saturated rings. The number of alkyl halides is 4. The zero-order valence-electron chi connectivity index (χ0n) is 9.67. The van der Waals surface area contributed by atoms with Crippen molar-refractivity contribution in [1.82, 2.24) is 4.72 Å². The van der Waals surface area contributed by atoms with Gasteiger partial charge in [-0.1, -0.05) is 12.1 Å². The minimum atomic E-state index is -4.72. The van der Waals surface area contributed by atoms with Crippen molar-refractivity contribution in [2.45, 2.75) is 29.5 Å². The van der Waals surface area contributed by atoms with Gasteiger partial charge >= 0.3 is 6.18 Å². The van der Waals surface area contributed by atoms with Crippen molar-refractivity contribution < 1.29 is 21.6 Å². The molecule has 106 valence electrons. The van der Waals surface area contributed by atoms with Crippen LogP contribution in [-0.2, 0) is 16.2 Å². The maximum absolute atomic E-state index is 12.8. The van der Waals surface area contributed by atoms with E-state index >= 15 is 0 Å². The fourth-order valence-electron chi connectivity index (χ4n) is 1.69. The highest BCUT2D eigenvalue weighted by Crippen LogP contribution is 2.39. The maximum atomic E-state index is 12.8. The van der Waals surface area contributed by atoms with E-state index in [1.165, 1.54) is 6.07 Å². The van der Waals surface area contributed by atoms with Crippen LogP contribution in [0.1, 0.15) is 18.4 Å². The van der Waals surface area contributed by atoms with Crippen molar-refractivity contribution in [1.29, 1.82) is 0 Å². The van der Waals surface area contributed by atoms with E-state index < -0.39 is 32.2 Å². The molecule has 1 aliphatic carbocycles. The van der Waals surface area contributed by atoms with E-state index in [4.69, 9.17) is 11.6 Å². The molecule has 0 aromatic heterocycles. The van der Waals surface area contributed by atoms with E-state index in [0.717, 1.165) is 18.2 Å². The molecule has 19 heavy (non-hydrogen) atoms. The summed E-state index contributed by atoms with van der Waals surface area (Å²) in [7, 11) is -4.24. The Morgan fingerprint density at radius 2 is 1.84 bits per heavy atom. The molecule has 0 unspecified atom stereocenters. The van der Waals surface area contributed by atoms with Gasteiger partial charge in [-0.05, 0) is 25.0 Å². The summed E-state index contributed by atoms with van der Waals surface area (Å²) in [5.74, 6) is 0.0421. The molecule has 2 rings (SSSR count). The molecule has 0 saturated heterocycles. The van der Waals surface area contributed by atoms with Crippen LogP contribution in [0.4, 0.5) is 13.2 Å². The Kier molecular flexibility index (Phi) is 3.57. The van der Waals surface area contributed by atoms with E-state index in [2.05, 4.69) is 4.72 Å². The summed E-state index contributed by atoms with van der Waals surface area (Å²) in [5.41, 5.74) is -1.97. The van der Waals surface area contributed by atoms with Crippen LogP contribution >= 0.6 is 11.6 Å². The molecule has 0 radical (unpaired) electrons. The summed E-state index contributed by atoms with van der Waals surface area (Å²) in [6, 6.07) is 4.09. The van der Waals surface area contributed by atoms with Gasteiger partial charge in [-0.3, -0.25) is 0 Å². The molecule has 1 N–H and O–H groups in total. The topological polar surface area (TPSA) is 46.2 Å². The first-order valence-corrected chi connectivity index (χ1v) is 7.48.